The molecular weight excluding hydrogens is 475 g/mol. The number of amides is 1. The van der Waals surface area contributed by atoms with Gasteiger partial charge >= 0.3 is 12.1 Å². The van der Waals surface area contributed by atoms with Crippen LogP contribution in [-0.4, -0.2) is 73.1 Å². The van der Waals surface area contributed by atoms with Crippen LogP contribution < -0.4 is 0 Å². The predicted octanol–water partition coefficient (Wildman–Crippen LogP) is 2.94. The van der Waals surface area contributed by atoms with Crippen molar-refractivity contribution in [1.29, 1.82) is 0 Å². The summed E-state index contributed by atoms with van der Waals surface area (Å²) >= 11 is 6.24. The van der Waals surface area contributed by atoms with Crippen LogP contribution in [0.15, 0.2) is 21.4 Å². The van der Waals surface area contributed by atoms with Gasteiger partial charge in [-0.15, -0.1) is 0 Å². The van der Waals surface area contributed by atoms with Gasteiger partial charge in [-0.3, -0.25) is 4.79 Å². The molecule has 4 rings (SSSR count). The number of ether oxygens (including phenoxy) is 1. The minimum absolute atomic E-state index is 0.0264. The van der Waals surface area contributed by atoms with Crippen LogP contribution in [-0.2, 0) is 25.0 Å². The molecule has 8 nitrogen and oxygen atoms in total. The third kappa shape index (κ3) is 3.87. The largest absolute Gasteiger partial charge is 0.471 e. The molecule has 2 fully saturated rings. The van der Waals surface area contributed by atoms with Gasteiger partial charge in [0.25, 0.3) is 0 Å². The van der Waals surface area contributed by atoms with Crippen LogP contribution in [0.2, 0.25) is 5.02 Å². The number of sulfonamides is 1. The summed E-state index contributed by atoms with van der Waals surface area (Å²) in [4.78, 5) is 16.5. The number of aromatic nitrogens is 1. The number of rotatable bonds is 2. The predicted molar refractivity (Wildman–Crippen MR) is 108 cm³/mol. The van der Waals surface area contributed by atoms with E-state index in [0.29, 0.717) is 16.3 Å². The summed E-state index contributed by atoms with van der Waals surface area (Å²) in [6.07, 6.45) is -5.95. The van der Waals surface area contributed by atoms with Crippen molar-refractivity contribution < 1.29 is 35.5 Å². The Morgan fingerprint density at radius 1 is 1.22 bits per heavy atom. The number of oxazole rings is 1. The van der Waals surface area contributed by atoms with Crippen LogP contribution in [0.5, 0.6) is 0 Å². The Morgan fingerprint density at radius 3 is 2.53 bits per heavy atom. The van der Waals surface area contributed by atoms with Crippen molar-refractivity contribution in [2.45, 2.75) is 49.4 Å². The Bertz CT molecular complexity index is 1180. The molecule has 0 radical (unpaired) electrons. The lowest BCUT2D eigenvalue weighted by Gasteiger charge is -2.37. The maximum absolute atomic E-state index is 13.5. The average Bonchev–Trinajstić information content (AvgIpc) is 3.30. The Hall–Kier alpha value is -1.89. The Labute approximate surface area is 187 Å². The van der Waals surface area contributed by atoms with Gasteiger partial charge in [-0.2, -0.15) is 17.5 Å². The SMILES string of the molecule is CC(C)(C)c1nc2ccc(Cl)c(S(=O)(=O)N3CC4OCCN(C(=O)C(F)(F)F)C4C3)c2o1. The zero-order valence-corrected chi connectivity index (χ0v) is 19.0. The van der Waals surface area contributed by atoms with Crippen molar-refractivity contribution in [2.75, 3.05) is 26.2 Å². The van der Waals surface area contributed by atoms with Crippen molar-refractivity contribution in [2.24, 2.45) is 0 Å². The Kier molecular flexibility index (Phi) is 5.51. The number of hydrogen-bond donors (Lipinski definition) is 0. The molecule has 3 heterocycles. The van der Waals surface area contributed by atoms with Gasteiger partial charge in [-0.1, -0.05) is 32.4 Å². The van der Waals surface area contributed by atoms with E-state index in [1.54, 1.807) is 0 Å². The molecule has 0 aliphatic carbocycles. The second-order valence-electron chi connectivity index (χ2n) is 8.79. The van der Waals surface area contributed by atoms with Gasteiger partial charge in [-0.05, 0) is 12.1 Å². The van der Waals surface area contributed by atoms with Crippen LogP contribution >= 0.6 is 11.6 Å². The highest BCUT2D eigenvalue weighted by atomic mass is 35.5. The lowest BCUT2D eigenvalue weighted by Crippen LogP contribution is -2.56. The van der Waals surface area contributed by atoms with Crippen LogP contribution in [0.4, 0.5) is 13.2 Å². The van der Waals surface area contributed by atoms with Crippen molar-refractivity contribution in [3.63, 3.8) is 0 Å². The molecule has 0 bridgehead atoms. The molecule has 2 aliphatic rings. The van der Waals surface area contributed by atoms with E-state index in [1.807, 2.05) is 20.8 Å². The summed E-state index contributed by atoms with van der Waals surface area (Å²) in [5.41, 5.74) is -0.234. The zero-order valence-electron chi connectivity index (χ0n) is 17.4. The normalized spacial score (nSPS) is 23.0. The minimum atomic E-state index is -5.06. The molecule has 0 saturated carbocycles. The summed E-state index contributed by atoms with van der Waals surface area (Å²) in [6.45, 7) is 4.57. The fraction of sp³-hybridized carbons (Fsp3) is 0.579. The minimum Gasteiger partial charge on any atom is -0.439 e. The van der Waals surface area contributed by atoms with Gasteiger partial charge in [0.1, 0.15) is 10.4 Å². The van der Waals surface area contributed by atoms with Crippen LogP contribution in [0.3, 0.4) is 0 Å². The maximum atomic E-state index is 13.5. The number of carbonyl (C=O) groups is 1. The highest BCUT2D eigenvalue weighted by Crippen LogP contribution is 2.38. The second-order valence-corrected chi connectivity index (χ2v) is 11.1. The van der Waals surface area contributed by atoms with Crippen molar-refractivity contribution >= 4 is 38.6 Å². The third-order valence-corrected chi connectivity index (χ3v) is 7.80. The molecule has 32 heavy (non-hydrogen) atoms. The average molecular weight is 496 g/mol. The first-order valence-electron chi connectivity index (χ1n) is 9.80. The lowest BCUT2D eigenvalue weighted by molar-refractivity contribution is -0.194. The first kappa shape index (κ1) is 23.3. The van der Waals surface area contributed by atoms with Crippen LogP contribution in [0.25, 0.3) is 11.1 Å². The number of halogens is 4. The lowest BCUT2D eigenvalue weighted by atomic mass is 9.97. The van der Waals surface area contributed by atoms with E-state index in [0.717, 1.165) is 4.31 Å². The molecular formula is C19H21ClF3N3O5S. The summed E-state index contributed by atoms with van der Waals surface area (Å²) in [6, 6.07) is 1.85. The molecule has 2 aromatic rings. The van der Waals surface area contributed by atoms with Gasteiger partial charge in [0.2, 0.25) is 15.9 Å². The van der Waals surface area contributed by atoms with Gasteiger partial charge in [0.05, 0.1) is 23.8 Å². The number of fused-ring (bicyclic) bond motifs is 2. The van der Waals surface area contributed by atoms with E-state index in [2.05, 4.69) is 4.98 Å². The number of alkyl halides is 3. The summed E-state index contributed by atoms with van der Waals surface area (Å²) < 4.78 is 78.3. The molecule has 2 atom stereocenters. The molecule has 13 heteroatoms. The first-order chi connectivity index (χ1) is 14.7. The molecule has 2 unspecified atom stereocenters. The van der Waals surface area contributed by atoms with E-state index in [1.165, 1.54) is 12.1 Å². The quantitative estimate of drug-likeness (QED) is 0.636. The standard InChI is InChI=1S/C19H21ClF3N3O5S/c1-18(2,3)16-24-11-5-4-10(20)15(14(11)31-16)32(28,29)25-8-12-13(9-25)30-7-6-26(12)17(27)19(21,22)23/h4-5,12-13H,6-9H2,1-3H3. The highest BCUT2D eigenvalue weighted by Gasteiger charge is 2.52. The summed E-state index contributed by atoms with van der Waals surface area (Å²) in [5, 5.41) is -0.104. The first-order valence-corrected chi connectivity index (χ1v) is 11.6. The van der Waals surface area contributed by atoms with Gasteiger partial charge in [0.15, 0.2) is 5.58 Å². The third-order valence-electron chi connectivity index (χ3n) is 5.47. The zero-order chi connectivity index (χ0) is 23.6. The van der Waals surface area contributed by atoms with Gasteiger partial charge < -0.3 is 14.1 Å². The number of nitrogens with zero attached hydrogens (tertiary/aromatic N) is 3. The number of benzene rings is 1. The second kappa shape index (κ2) is 7.57. The van der Waals surface area contributed by atoms with E-state index < -0.39 is 39.7 Å². The smallest absolute Gasteiger partial charge is 0.439 e. The number of morpholine rings is 1. The highest BCUT2D eigenvalue weighted by molar-refractivity contribution is 7.89. The van der Waals surface area contributed by atoms with E-state index in [4.69, 9.17) is 20.8 Å². The fourth-order valence-corrected chi connectivity index (χ4v) is 5.99. The molecule has 1 aromatic carbocycles. The monoisotopic (exact) mass is 495 g/mol. The van der Waals surface area contributed by atoms with Gasteiger partial charge in [0, 0.05) is 25.0 Å². The van der Waals surface area contributed by atoms with Crippen molar-refractivity contribution in [3.05, 3.63) is 23.0 Å². The fourth-order valence-electron chi connectivity index (χ4n) is 3.90. The summed E-state index contributed by atoms with van der Waals surface area (Å²) in [5.74, 6) is -1.70. The topological polar surface area (TPSA) is 93.0 Å². The maximum Gasteiger partial charge on any atom is 0.471 e. The van der Waals surface area contributed by atoms with E-state index in [-0.39, 0.29) is 41.7 Å². The van der Waals surface area contributed by atoms with Crippen LogP contribution in [0.1, 0.15) is 26.7 Å². The Morgan fingerprint density at radius 2 is 1.91 bits per heavy atom. The van der Waals surface area contributed by atoms with Gasteiger partial charge in [-0.25, -0.2) is 13.4 Å². The number of carbonyl (C=O) groups excluding carboxylic acids is 1. The summed E-state index contributed by atoms with van der Waals surface area (Å²) in [7, 11) is -4.30. The molecule has 2 saturated heterocycles. The molecule has 176 valence electrons. The van der Waals surface area contributed by atoms with Crippen molar-refractivity contribution in [3.8, 4) is 0 Å². The number of hydrogen-bond acceptors (Lipinski definition) is 6. The Balaban J connectivity index is 1.72. The van der Waals surface area contributed by atoms with E-state index >= 15 is 0 Å². The van der Waals surface area contributed by atoms with Crippen molar-refractivity contribution in [1.82, 2.24) is 14.2 Å². The van der Waals surface area contributed by atoms with Crippen LogP contribution in [0, 0.1) is 0 Å². The molecule has 0 spiro atoms. The molecule has 2 aliphatic heterocycles. The molecule has 1 aromatic heterocycles. The molecule has 1 amide bonds. The molecule has 0 N–H and O–H groups in total. The van der Waals surface area contributed by atoms with E-state index in [9.17, 15) is 26.4 Å².